The van der Waals surface area contributed by atoms with E-state index >= 15 is 0 Å². The topological polar surface area (TPSA) is 94.6 Å². The number of methoxy groups -OCH3 is 1. The molecular weight excluding hydrogens is 489 g/mol. The first kappa shape index (κ1) is 23.9. The average molecular weight is 517 g/mol. The van der Waals surface area contributed by atoms with Crippen molar-refractivity contribution in [3.05, 3.63) is 30.5 Å². The fourth-order valence-electron chi connectivity index (χ4n) is 4.97. The molecule has 0 unspecified atom stereocenters. The molecule has 0 saturated carbocycles. The SMILES string of the molecule is COc1nc(N[C@H]2CCN(C3COC3)C[C@H]2F)nn2ccc(-c3ccc4nnn(CCC(F)F)c4c3)c12. The molecule has 6 rings (SSSR count). The molecule has 1 aromatic carbocycles. The van der Waals surface area contributed by atoms with Crippen molar-refractivity contribution < 1.29 is 22.6 Å². The summed E-state index contributed by atoms with van der Waals surface area (Å²) in [5, 5.41) is 15.8. The molecule has 0 radical (unpaired) electrons. The molecule has 2 aliphatic rings. The van der Waals surface area contributed by atoms with Crippen molar-refractivity contribution in [2.24, 2.45) is 0 Å². The summed E-state index contributed by atoms with van der Waals surface area (Å²) in [6.45, 7) is 2.53. The fraction of sp³-hybridized carbons (Fsp3) is 0.500. The molecule has 13 heteroatoms. The maximum Gasteiger partial charge on any atom is 0.244 e. The van der Waals surface area contributed by atoms with Crippen LogP contribution in [0, 0.1) is 0 Å². The number of nitrogens with one attached hydrogen (secondary N) is 1. The number of piperidine rings is 1. The van der Waals surface area contributed by atoms with Crippen molar-refractivity contribution in [2.75, 3.05) is 38.7 Å². The summed E-state index contributed by atoms with van der Waals surface area (Å²) in [5.74, 6) is 0.616. The van der Waals surface area contributed by atoms with Gasteiger partial charge in [-0.25, -0.2) is 22.4 Å². The van der Waals surface area contributed by atoms with Crippen molar-refractivity contribution in [2.45, 2.75) is 44.1 Å². The summed E-state index contributed by atoms with van der Waals surface area (Å²) >= 11 is 0. The van der Waals surface area contributed by atoms with Crippen LogP contribution in [-0.4, -0.2) is 92.6 Å². The lowest BCUT2D eigenvalue weighted by Gasteiger charge is -2.42. The first-order valence-electron chi connectivity index (χ1n) is 12.3. The number of fused-ring (bicyclic) bond motifs is 2. The molecule has 0 amide bonds. The van der Waals surface area contributed by atoms with E-state index in [-0.39, 0.29) is 18.9 Å². The van der Waals surface area contributed by atoms with Crippen LogP contribution in [-0.2, 0) is 11.3 Å². The van der Waals surface area contributed by atoms with E-state index in [0.717, 1.165) is 17.7 Å². The lowest BCUT2D eigenvalue weighted by Crippen LogP contribution is -2.57. The summed E-state index contributed by atoms with van der Waals surface area (Å²) in [6.07, 6.45) is -1.37. The normalized spacial score (nSPS) is 21.1. The second-order valence-electron chi connectivity index (χ2n) is 9.40. The van der Waals surface area contributed by atoms with Gasteiger partial charge in [0.2, 0.25) is 18.3 Å². The Kier molecular flexibility index (Phi) is 6.32. The second kappa shape index (κ2) is 9.78. The van der Waals surface area contributed by atoms with Gasteiger partial charge in [0, 0.05) is 37.8 Å². The van der Waals surface area contributed by atoms with Crippen LogP contribution >= 0.6 is 0 Å². The number of aryl methyl sites for hydroxylation is 1. The minimum Gasteiger partial charge on any atom is -0.479 e. The monoisotopic (exact) mass is 516 g/mol. The molecule has 2 fully saturated rings. The van der Waals surface area contributed by atoms with Gasteiger partial charge in [0.15, 0.2) is 0 Å². The van der Waals surface area contributed by atoms with Crippen LogP contribution in [0.1, 0.15) is 12.8 Å². The number of ether oxygens (including phenoxy) is 2. The smallest absolute Gasteiger partial charge is 0.244 e. The van der Waals surface area contributed by atoms with Gasteiger partial charge in [0.25, 0.3) is 0 Å². The lowest BCUT2D eigenvalue weighted by molar-refractivity contribution is -0.0794. The van der Waals surface area contributed by atoms with Gasteiger partial charge in [-0.2, -0.15) is 4.98 Å². The lowest BCUT2D eigenvalue weighted by atomic mass is 10.0. The van der Waals surface area contributed by atoms with Gasteiger partial charge in [-0.15, -0.1) is 10.2 Å². The molecule has 1 N–H and O–H groups in total. The molecule has 0 aliphatic carbocycles. The zero-order valence-corrected chi connectivity index (χ0v) is 20.2. The summed E-state index contributed by atoms with van der Waals surface area (Å²) in [4.78, 5) is 6.67. The first-order chi connectivity index (χ1) is 18.0. The van der Waals surface area contributed by atoms with Gasteiger partial charge in [0.05, 0.1) is 37.9 Å². The molecule has 3 aromatic heterocycles. The Balaban J connectivity index is 1.26. The zero-order valence-electron chi connectivity index (χ0n) is 20.2. The zero-order chi connectivity index (χ0) is 25.5. The van der Waals surface area contributed by atoms with Crippen molar-refractivity contribution in [1.82, 2.24) is 34.5 Å². The quantitative estimate of drug-likeness (QED) is 0.382. The minimum atomic E-state index is -2.42. The van der Waals surface area contributed by atoms with Crippen LogP contribution in [0.25, 0.3) is 27.7 Å². The van der Waals surface area contributed by atoms with Crippen LogP contribution in [0.2, 0.25) is 0 Å². The van der Waals surface area contributed by atoms with E-state index in [9.17, 15) is 13.2 Å². The van der Waals surface area contributed by atoms with Crippen LogP contribution in [0.5, 0.6) is 5.88 Å². The highest BCUT2D eigenvalue weighted by Crippen LogP contribution is 2.33. The number of hydrogen-bond acceptors (Lipinski definition) is 8. The van der Waals surface area contributed by atoms with E-state index in [4.69, 9.17) is 9.47 Å². The van der Waals surface area contributed by atoms with Crippen molar-refractivity contribution in [3.8, 4) is 17.0 Å². The van der Waals surface area contributed by atoms with Gasteiger partial charge in [-0.3, -0.25) is 4.90 Å². The van der Waals surface area contributed by atoms with Crippen molar-refractivity contribution in [1.29, 1.82) is 0 Å². The van der Waals surface area contributed by atoms with E-state index in [0.29, 0.717) is 54.7 Å². The number of nitrogens with zero attached hydrogens (tertiary/aromatic N) is 7. The highest BCUT2D eigenvalue weighted by molar-refractivity contribution is 5.89. The second-order valence-corrected chi connectivity index (χ2v) is 9.40. The van der Waals surface area contributed by atoms with Crippen LogP contribution in [0.15, 0.2) is 30.5 Å². The number of likely N-dealkylation sites (tertiary alicyclic amines) is 1. The Morgan fingerprint density at radius 1 is 1.24 bits per heavy atom. The summed E-state index contributed by atoms with van der Waals surface area (Å²) in [6, 6.07) is 7.32. The first-order valence-corrected chi connectivity index (χ1v) is 12.3. The Bertz CT molecular complexity index is 1410. The number of halogens is 3. The summed E-state index contributed by atoms with van der Waals surface area (Å²) in [5.41, 5.74) is 3.52. The molecule has 2 aliphatic heterocycles. The summed E-state index contributed by atoms with van der Waals surface area (Å²) < 4.78 is 54.4. The van der Waals surface area contributed by atoms with E-state index < -0.39 is 18.6 Å². The Hall–Kier alpha value is -3.45. The number of alkyl halides is 3. The molecule has 0 spiro atoms. The van der Waals surface area contributed by atoms with E-state index in [2.05, 4.69) is 30.6 Å². The highest BCUT2D eigenvalue weighted by atomic mass is 19.3. The predicted octanol–water partition coefficient (Wildman–Crippen LogP) is 3.03. The Labute approximate surface area is 210 Å². The van der Waals surface area contributed by atoms with E-state index in [1.165, 1.54) is 11.8 Å². The third kappa shape index (κ3) is 4.57. The number of anilines is 1. The number of rotatable bonds is 8. The maximum absolute atomic E-state index is 15.0. The average Bonchev–Trinajstić information content (AvgIpc) is 3.46. The molecule has 10 nitrogen and oxygen atoms in total. The largest absolute Gasteiger partial charge is 0.479 e. The van der Waals surface area contributed by atoms with Gasteiger partial charge in [-0.05, 0) is 30.2 Å². The minimum absolute atomic E-state index is 0.0680. The van der Waals surface area contributed by atoms with Crippen LogP contribution in [0.3, 0.4) is 0 Å². The predicted molar refractivity (Wildman–Crippen MR) is 130 cm³/mol. The maximum atomic E-state index is 15.0. The Morgan fingerprint density at radius 2 is 2.11 bits per heavy atom. The highest BCUT2D eigenvalue weighted by Gasteiger charge is 2.35. The molecule has 37 heavy (non-hydrogen) atoms. The van der Waals surface area contributed by atoms with Gasteiger partial charge < -0.3 is 14.8 Å². The molecule has 5 heterocycles. The Morgan fingerprint density at radius 3 is 2.84 bits per heavy atom. The molecule has 2 atom stereocenters. The molecular formula is C24H27F3N8O2. The standard InChI is InChI=1S/C24H27F3N8O2/c1-36-23-22-16(14-2-3-19-20(10-14)34(32-30-19)9-6-21(26)27)4-8-35(22)31-24(29-23)28-18-5-7-33(11-17(18)25)15-12-37-13-15/h2-4,8,10,15,17-18,21H,5-7,9,11-13H2,1H3,(H,28,31)/t17-,18+/m1/s1. The third-order valence-corrected chi connectivity index (χ3v) is 7.08. The van der Waals surface area contributed by atoms with Crippen LogP contribution in [0.4, 0.5) is 19.1 Å². The number of aromatic nitrogens is 6. The van der Waals surface area contributed by atoms with Crippen molar-refractivity contribution in [3.63, 3.8) is 0 Å². The van der Waals surface area contributed by atoms with Gasteiger partial charge >= 0.3 is 0 Å². The molecule has 2 saturated heterocycles. The number of hydrogen-bond donors (Lipinski definition) is 1. The van der Waals surface area contributed by atoms with E-state index in [1.807, 2.05) is 18.2 Å². The van der Waals surface area contributed by atoms with Crippen LogP contribution < -0.4 is 10.1 Å². The third-order valence-electron chi connectivity index (χ3n) is 7.08. The molecule has 196 valence electrons. The van der Waals surface area contributed by atoms with Crippen molar-refractivity contribution >= 4 is 22.5 Å². The fourth-order valence-corrected chi connectivity index (χ4v) is 4.97. The molecule has 0 bridgehead atoms. The number of benzene rings is 1. The van der Waals surface area contributed by atoms with Gasteiger partial charge in [-0.1, -0.05) is 11.3 Å². The van der Waals surface area contributed by atoms with Gasteiger partial charge in [0.1, 0.15) is 17.2 Å². The van der Waals surface area contributed by atoms with E-state index in [1.54, 1.807) is 16.8 Å². The molecule has 4 aromatic rings. The summed E-state index contributed by atoms with van der Waals surface area (Å²) in [7, 11) is 1.52.